The molecule has 3 heteroatoms. The summed E-state index contributed by atoms with van der Waals surface area (Å²) in [5.74, 6) is -0.426. The van der Waals surface area contributed by atoms with Crippen molar-refractivity contribution < 1.29 is 13.2 Å². The van der Waals surface area contributed by atoms with Crippen LogP contribution in [0.5, 0.6) is 0 Å². The maximum Gasteiger partial charge on any atom is 0.123 e. The average molecular weight is 1790 g/mol. The molecule has 0 aromatic heterocycles. The zero-order chi connectivity index (χ0) is 95.2. The van der Waals surface area contributed by atoms with Gasteiger partial charge in [0, 0.05) is 37.9 Å². The van der Waals surface area contributed by atoms with E-state index >= 15 is 0 Å². The van der Waals surface area contributed by atoms with Crippen molar-refractivity contribution in [3.63, 3.8) is 0 Å². The Labute approximate surface area is 812 Å². The molecule has 0 saturated heterocycles. The van der Waals surface area contributed by atoms with Gasteiger partial charge in [0.15, 0.2) is 0 Å². The highest BCUT2D eigenvalue weighted by molar-refractivity contribution is 5.89. The molecule has 9 aliphatic rings. The molecule has 137 heavy (non-hydrogen) atoms. The lowest BCUT2D eigenvalue weighted by Crippen LogP contribution is -2.28. The van der Waals surface area contributed by atoms with Gasteiger partial charge in [-0.05, 0) is 308 Å². The molecule has 2 saturated carbocycles. The molecule has 0 bridgehead atoms. The first-order chi connectivity index (χ1) is 66.0. The van der Waals surface area contributed by atoms with E-state index in [1.807, 2.05) is 36.4 Å². The molecule has 17 aromatic carbocycles. The van der Waals surface area contributed by atoms with Crippen LogP contribution in [0.4, 0.5) is 13.2 Å². The predicted molar refractivity (Wildman–Crippen MR) is 570 cm³/mol. The van der Waals surface area contributed by atoms with Crippen LogP contribution >= 0.6 is 0 Å². The van der Waals surface area contributed by atoms with Gasteiger partial charge in [-0.2, -0.15) is 0 Å². The monoisotopic (exact) mass is 1790 g/mol. The zero-order valence-corrected chi connectivity index (χ0v) is 82.3. The Kier molecular flexibility index (Phi) is 23.9. The molecule has 0 nitrogen and oxygen atoms in total. The first-order valence-corrected chi connectivity index (χ1v) is 49.8. The van der Waals surface area contributed by atoms with Crippen LogP contribution in [-0.4, -0.2) is 0 Å². The molecule has 0 aliphatic heterocycles. The topological polar surface area (TPSA) is 0 Å². The molecule has 2 atom stereocenters. The van der Waals surface area contributed by atoms with Crippen molar-refractivity contribution in [2.45, 2.75) is 206 Å². The Bertz CT molecular complexity index is 7350. The van der Waals surface area contributed by atoms with Gasteiger partial charge in [-0.3, -0.25) is 0 Å². The normalized spacial score (nSPS) is 17.5. The number of benzene rings is 17. The van der Waals surface area contributed by atoms with Crippen LogP contribution < -0.4 is 0 Å². The van der Waals surface area contributed by atoms with Gasteiger partial charge in [0.1, 0.15) is 17.5 Å². The van der Waals surface area contributed by atoms with Crippen LogP contribution in [0.3, 0.4) is 0 Å². The molecular formula is C134H125F3. The van der Waals surface area contributed by atoms with E-state index in [2.05, 4.69) is 395 Å². The first-order valence-electron chi connectivity index (χ1n) is 49.8. The molecule has 0 radical (unpaired) electrons. The third-order valence-corrected chi connectivity index (χ3v) is 32.5. The van der Waals surface area contributed by atoms with E-state index in [9.17, 15) is 13.2 Å². The van der Waals surface area contributed by atoms with E-state index in [0.717, 1.165) is 16.7 Å². The largest absolute Gasteiger partial charge is 0.207 e. The average Bonchev–Trinajstić information content (AvgIpc) is 1.55. The van der Waals surface area contributed by atoms with Crippen LogP contribution in [0, 0.1) is 65.9 Å². The zero-order valence-electron chi connectivity index (χ0n) is 82.3. The van der Waals surface area contributed by atoms with Gasteiger partial charge in [-0.1, -0.05) is 441 Å². The van der Waals surface area contributed by atoms with Gasteiger partial charge in [0.2, 0.25) is 0 Å². The van der Waals surface area contributed by atoms with Crippen molar-refractivity contribution in [1.29, 1.82) is 0 Å². The summed E-state index contributed by atoms with van der Waals surface area (Å²) in [6, 6.07) is 128. The van der Waals surface area contributed by atoms with Crippen molar-refractivity contribution in [3.05, 3.63) is 509 Å². The minimum atomic E-state index is -0.306. The summed E-state index contributed by atoms with van der Waals surface area (Å²) in [5.41, 5.74) is 52.4. The van der Waals surface area contributed by atoms with Crippen molar-refractivity contribution in [2.75, 3.05) is 0 Å². The highest BCUT2D eigenvalue weighted by atomic mass is 19.1. The van der Waals surface area contributed by atoms with Crippen molar-refractivity contribution >= 4 is 0 Å². The summed E-state index contributed by atoms with van der Waals surface area (Å²) >= 11 is 0. The molecule has 0 N–H and O–H groups in total. The summed E-state index contributed by atoms with van der Waals surface area (Å²) in [4.78, 5) is 0. The number of rotatable bonds is 3. The van der Waals surface area contributed by atoms with Crippen molar-refractivity contribution in [2.24, 2.45) is 0 Å². The van der Waals surface area contributed by atoms with Gasteiger partial charge in [0.25, 0.3) is 0 Å². The fourth-order valence-electron chi connectivity index (χ4n) is 25.2. The van der Waals surface area contributed by atoms with Gasteiger partial charge in [-0.25, -0.2) is 13.2 Å². The fourth-order valence-corrected chi connectivity index (χ4v) is 25.2. The number of hydrogen-bond acceptors (Lipinski definition) is 0. The van der Waals surface area contributed by atoms with Crippen molar-refractivity contribution in [3.8, 4) is 89.0 Å². The number of halogens is 3. The molecule has 682 valence electrons. The molecule has 2 spiro atoms. The second kappa shape index (κ2) is 35.9. The lowest BCUT2D eigenvalue weighted by molar-refractivity contribution is 0.351. The minimum absolute atomic E-state index is 0.0563. The molecule has 0 heterocycles. The summed E-state index contributed by atoms with van der Waals surface area (Å²) < 4.78 is 41.1. The Morgan fingerprint density at radius 1 is 0.168 bits per heavy atom. The Morgan fingerprint density at radius 3 is 0.788 bits per heavy atom. The lowest BCUT2D eigenvalue weighted by atomic mass is 9.67. The van der Waals surface area contributed by atoms with E-state index < -0.39 is 0 Å². The van der Waals surface area contributed by atoms with Crippen LogP contribution in [0.25, 0.3) is 89.0 Å². The number of aryl methyl sites for hydroxylation is 7. The van der Waals surface area contributed by atoms with Gasteiger partial charge < -0.3 is 0 Å². The molecular weight excluding hydrogens is 1670 g/mol. The van der Waals surface area contributed by atoms with Gasteiger partial charge >= 0.3 is 0 Å². The van der Waals surface area contributed by atoms with E-state index in [1.54, 1.807) is 47.5 Å². The maximum atomic E-state index is 13.9. The summed E-state index contributed by atoms with van der Waals surface area (Å²) in [7, 11) is 0. The van der Waals surface area contributed by atoms with Gasteiger partial charge in [0.05, 0.1) is 0 Å². The standard InChI is InChI=1S/C22H20.C21H17F.C21H18.C19H19F.C19H20.C16H15F.C16H16/c1-15-9-11-18-19-12-10-17(16-7-5-4-6-8-16)14-21(19)22(2,3)20(18)13-15;1-14-8-10-17-18-11-9-16(22)13-20(18)21(2,19(17)12-14)15-6-4-3-5-7-15;1-15-12-13-18-17-10-6-7-11-19(17)21(2,20(18)14-15)16-8-4-3-5-9-16;1-13-5-7-15-16-8-6-14(20)12-18(16)19(17(15)11-13)9-3-2-4-10-19;1-14-9-10-16-15-7-3-4-8-17(15)19(18(16)13-14)11-5-2-6-12-19;1-10-4-6-12-13-7-5-11(17)9-15(13)16(2,3)14(12)8-10;1-11-8-9-13-12-6-4-5-7-14(12)16(2,3)15(13)10-11/h4-14H,1-3H3;3-13H,1-2H3;3-14H,1-2H3;5-8,11-12H,2-4,9-10H2,1H3;3-4,7-10,13H,2,5-6,11-12H2,1H3;4-9H,1-3H3;4-10H,1-3H3. The third-order valence-electron chi connectivity index (χ3n) is 32.5. The summed E-state index contributed by atoms with van der Waals surface area (Å²) in [5, 5.41) is 0. The number of fused-ring (bicyclic) bond motifs is 25. The highest BCUT2D eigenvalue weighted by Gasteiger charge is 2.48. The second-order valence-electron chi connectivity index (χ2n) is 42.3. The second-order valence-corrected chi connectivity index (χ2v) is 42.3. The van der Waals surface area contributed by atoms with Crippen molar-refractivity contribution in [1.82, 2.24) is 0 Å². The summed E-state index contributed by atoms with van der Waals surface area (Å²) in [6.45, 7) is 33.3. The van der Waals surface area contributed by atoms with Gasteiger partial charge in [-0.15, -0.1) is 0 Å². The smallest absolute Gasteiger partial charge is 0.123 e. The Hall–Kier alpha value is -13.5. The quantitative estimate of drug-likeness (QED) is 0.165. The van der Waals surface area contributed by atoms with E-state index in [4.69, 9.17) is 0 Å². The lowest BCUT2D eigenvalue weighted by Gasteiger charge is -2.36. The molecule has 26 rings (SSSR count). The molecule has 0 amide bonds. The molecule has 2 fully saturated rings. The molecule has 17 aromatic rings. The van der Waals surface area contributed by atoms with E-state index in [1.165, 1.54) is 253 Å². The highest BCUT2D eigenvalue weighted by Crippen LogP contribution is 2.61. The molecule has 2 unspecified atom stereocenters. The third kappa shape index (κ3) is 15.9. The van der Waals surface area contributed by atoms with E-state index in [-0.39, 0.29) is 49.9 Å². The minimum Gasteiger partial charge on any atom is -0.207 e. The van der Waals surface area contributed by atoms with E-state index in [0.29, 0.717) is 5.41 Å². The predicted octanol–water partition coefficient (Wildman–Crippen LogP) is 36.1. The maximum absolute atomic E-state index is 13.9. The first kappa shape index (κ1) is 91.3. The van der Waals surface area contributed by atoms with Crippen LogP contribution in [0.15, 0.2) is 364 Å². The number of hydrogen-bond donors (Lipinski definition) is 0. The Morgan fingerprint density at radius 2 is 0.394 bits per heavy atom. The Balaban J connectivity index is 0.0000000989. The summed E-state index contributed by atoms with van der Waals surface area (Å²) in [6.07, 6.45) is 13.0. The van der Waals surface area contributed by atoms with Crippen LogP contribution in [0.1, 0.15) is 248 Å². The van der Waals surface area contributed by atoms with Crippen LogP contribution in [-0.2, 0) is 37.9 Å². The fraction of sp³-hybridized carbons (Fsp3) is 0.239. The SMILES string of the molecule is Cc1ccc2c(c1)C(C)(C)c1cc(-c3ccccc3)ccc1-2.Cc1ccc2c(c1)C(C)(C)c1cc(F)ccc1-2.Cc1ccc2c(c1)C(C)(C)c1ccccc1-2.Cc1ccc2c(c1)C(C)(c1ccccc1)c1cc(F)ccc1-2.Cc1ccc2c(c1)C(C)(c1ccccc1)c1ccccc1-2.Cc1ccc2c(c1)C1(CCCCC1)c1cc(F)ccc1-2.Cc1ccc2c(c1)C1(CCCCC1)c1ccccc1-2. The molecule has 9 aliphatic carbocycles. The van der Waals surface area contributed by atoms with Crippen LogP contribution in [0.2, 0.25) is 0 Å².